The van der Waals surface area contributed by atoms with Gasteiger partial charge in [-0.1, -0.05) is 62.1 Å². The number of oxime groups is 1. The molecule has 3 aliphatic heterocycles. The Bertz CT molecular complexity index is 1930. The molecule has 0 spiro atoms. The Labute approximate surface area is 429 Å². The van der Waals surface area contributed by atoms with Crippen LogP contribution in [-0.4, -0.2) is 160 Å². The van der Waals surface area contributed by atoms with E-state index in [2.05, 4.69) is 49.3 Å². The molecule has 0 aromatic heterocycles. The fraction of sp³-hybridized carbons (Fsp3) is 0.820. The third kappa shape index (κ3) is 14.8. The second-order valence-electron chi connectivity index (χ2n) is 23.0. The largest absolute Gasteiger partial charge is 0.459 e. The average molecular weight is 1070 g/mol. The first kappa shape index (κ1) is 61.0. The number of ether oxygens (including phenoxy) is 6. The molecule has 3 fully saturated rings. The molecular weight excluding hydrogens is 980 g/mol. The van der Waals surface area contributed by atoms with E-state index in [1.54, 1.807) is 47.8 Å². The highest BCUT2D eigenvalue weighted by molar-refractivity contribution is 6.70. The minimum Gasteiger partial charge on any atom is -0.459 e. The Morgan fingerprint density at radius 1 is 0.871 bits per heavy atom. The number of hydrogen-bond donors (Lipinski definition) is 3. The van der Waals surface area contributed by atoms with Crippen LogP contribution in [0.4, 0.5) is 0 Å². The van der Waals surface area contributed by atoms with E-state index in [-0.39, 0.29) is 52.7 Å². The summed E-state index contributed by atoms with van der Waals surface area (Å²) in [7, 11) is 1.24. The minimum atomic E-state index is -2.27. The van der Waals surface area contributed by atoms with Crippen molar-refractivity contribution in [3.05, 3.63) is 33.8 Å². The molecule has 0 amide bonds. The Morgan fingerprint density at radius 2 is 1.46 bits per heavy atom. The van der Waals surface area contributed by atoms with Crippen LogP contribution in [0.3, 0.4) is 0 Å². The predicted molar refractivity (Wildman–Crippen MR) is 275 cm³/mol. The summed E-state index contributed by atoms with van der Waals surface area (Å²) in [6.07, 6.45) is -8.00. The SMILES string of the molecule is CC[C@H]1OC(=O)[C@H](C)[C@@H](O[C@H]2C[C@@](C)(OC)[C@@H](O[Si](C)(C)C)[C@H](C)O2)C(C)[C@@H](O[C@@H]2O[C@H](C)C[C@H](N(C)C)[C@H]2O[Si](C)(C)C)[C@](C)(O)C[C@@H](C)/C(=N\OC(=O)c2c(Cl)cccc2Cl)[C@H](C)[C@@H](O)[C@]1(C)O. The minimum absolute atomic E-state index is 0.0371. The molecule has 70 heavy (non-hydrogen) atoms. The van der Waals surface area contributed by atoms with Crippen molar-refractivity contribution in [3.8, 4) is 0 Å². The molecule has 1 aromatic carbocycles. The number of likely N-dealkylation sites (N-methyl/N-ethyl adjacent to an activating group) is 1. The molecule has 20 heteroatoms. The number of carbonyl (C=O) groups excluding carboxylic acids is 2. The highest BCUT2D eigenvalue weighted by atomic mass is 35.5. The summed E-state index contributed by atoms with van der Waals surface area (Å²) in [4.78, 5) is 36.0. The smallest absolute Gasteiger partial charge is 0.368 e. The molecule has 3 N–H and O–H groups in total. The topological polar surface area (TPSA) is 194 Å². The van der Waals surface area contributed by atoms with Crippen molar-refractivity contribution in [3.63, 3.8) is 0 Å². The first-order valence-corrected chi connectivity index (χ1v) is 32.4. The molecule has 0 radical (unpaired) electrons. The summed E-state index contributed by atoms with van der Waals surface area (Å²) in [5, 5.41) is 42.1. The maximum Gasteiger partial charge on any atom is 0.368 e. The molecule has 18 atom stereocenters. The third-order valence-electron chi connectivity index (χ3n) is 14.2. The highest BCUT2D eigenvalue weighted by Gasteiger charge is 2.55. The van der Waals surface area contributed by atoms with Gasteiger partial charge in [-0.15, -0.1) is 0 Å². The number of aliphatic hydroxyl groups is 3. The zero-order valence-corrected chi connectivity index (χ0v) is 48.7. The lowest BCUT2D eigenvalue weighted by Crippen LogP contribution is -2.62. The van der Waals surface area contributed by atoms with Crippen molar-refractivity contribution in [1.29, 1.82) is 0 Å². The van der Waals surface area contributed by atoms with Gasteiger partial charge in [0.15, 0.2) is 29.2 Å². The van der Waals surface area contributed by atoms with Gasteiger partial charge in [0.1, 0.15) is 17.8 Å². The van der Waals surface area contributed by atoms with E-state index in [4.69, 9.17) is 65.3 Å². The number of methoxy groups -OCH3 is 1. The molecule has 0 saturated carbocycles. The Kier molecular flexibility index (Phi) is 20.9. The quantitative estimate of drug-likeness (QED) is 0.0737. The normalized spacial score (nSPS) is 40.4. The summed E-state index contributed by atoms with van der Waals surface area (Å²) < 4.78 is 53.5. The van der Waals surface area contributed by atoms with E-state index >= 15 is 0 Å². The number of carbonyl (C=O) groups is 2. The number of benzene rings is 1. The first-order valence-electron chi connectivity index (χ1n) is 24.8. The Morgan fingerprint density at radius 3 is 1.99 bits per heavy atom. The summed E-state index contributed by atoms with van der Waals surface area (Å²) >= 11 is 12.8. The maximum atomic E-state index is 14.8. The monoisotopic (exact) mass is 1060 g/mol. The van der Waals surface area contributed by atoms with Crippen LogP contribution in [-0.2, 0) is 46.9 Å². The van der Waals surface area contributed by atoms with Crippen molar-refractivity contribution in [2.24, 2.45) is 28.8 Å². The van der Waals surface area contributed by atoms with Crippen LogP contribution in [0.2, 0.25) is 49.3 Å². The van der Waals surface area contributed by atoms with Crippen LogP contribution >= 0.6 is 23.2 Å². The standard InChI is InChI=1S/C50H86Cl2N2O14Si2/c1-20-36-50(10,59)42(55)29(4)39(53-66-46(57)38-33(51)22-21-23-34(38)52)27(2)25-48(8,58)43(65-47-41(67-69(14,15)16)35(54(11)12)24-28(3)61-47)30(5)40(31(6)45(56)63-36)64-37-26-49(9,60-13)44(32(7)62-37)68-70(17,18)19/h21-23,27-32,35-37,40-44,47,55,58-59H,20,24-26H2,1-19H3/b53-39+/t27-,28-,29+,30?,31-,32+,35+,36-,37+,40+,41-,42-,43-,44+,47+,48-,49-,50-/m1/s1. The lowest BCUT2D eigenvalue weighted by atomic mass is 9.73. The van der Waals surface area contributed by atoms with Crippen LogP contribution in [0.15, 0.2) is 23.4 Å². The van der Waals surface area contributed by atoms with Crippen molar-refractivity contribution < 1.29 is 67.0 Å². The molecule has 1 aromatic rings. The van der Waals surface area contributed by atoms with Crippen molar-refractivity contribution >= 4 is 57.5 Å². The number of nitrogens with zero attached hydrogens (tertiary/aromatic N) is 2. The second-order valence-corrected chi connectivity index (χ2v) is 32.7. The molecule has 16 nitrogen and oxygen atoms in total. The summed E-state index contributed by atoms with van der Waals surface area (Å²) in [5.74, 6) is -5.44. The third-order valence-corrected chi connectivity index (χ3v) is 16.7. The maximum absolute atomic E-state index is 14.8. The molecular formula is C50H86Cl2N2O14Si2. The molecule has 0 aliphatic carbocycles. The van der Waals surface area contributed by atoms with Crippen molar-refractivity contribution in [2.45, 2.75) is 218 Å². The van der Waals surface area contributed by atoms with Gasteiger partial charge in [-0.05, 0) is 126 Å². The van der Waals surface area contributed by atoms with Gasteiger partial charge < -0.3 is 62.3 Å². The van der Waals surface area contributed by atoms with Gasteiger partial charge in [0.05, 0.1) is 75.1 Å². The number of rotatable bonds is 13. The number of hydrogen-bond acceptors (Lipinski definition) is 16. The van der Waals surface area contributed by atoms with Crippen LogP contribution in [0.25, 0.3) is 0 Å². The molecule has 0 bridgehead atoms. The highest BCUT2D eigenvalue weighted by Crippen LogP contribution is 2.43. The van der Waals surface area contributed by atoms with Crippen LogP contribution in [0, 0.1) is 23.7 Å². The molecule has 3 aliphatic rings. The molecule has 402 valence electrons. The summed E-state index contributed by atoms with van der Waals surface area (Å²) in [6.45, 7) is 30.1. The lowest BCUT2D eigenvalue weighted by Gasteiger charge is -2.51. The number of aliphatic hydroxyl groups excluding tert-OH is 1. The van der Waals surface area contributed by atoms with E-state index in [1.807, 2.05) is 41.8 Å². The molecule has 3 saturated heterocycles. The summed E-state index contributed by atoms with van der Waals surface area (Å²) in [6, 6.07) is 4.43. The number of halogens is 2. The van der Waals surface area contributed by atoms with Gasteiger partial charge >= 0.3 is 11.9 Å². The summed E-state index contributed by atoms with van der Waals surface area (Å²) in [5.41, 5.74) is -4.78. The second kappa shape index (κ2) is 23.9. The zero-order chi connectivity index (χ0) is 53.2. The fourth-order valence-corrected chi connectivity index (χ4v) is 13.4. The predicted octanol–water partition coefficient (Wildman–Crippen LogP) is 8.45. The number of cyclic esters (lactones) is 1. The van der Waals surface area contributed by atoms with Gasteiger partial charge in [-0.2, -0.15) is 0 Å². The van der Waals surface area contributed by atoms with E-state index in [1.165, 1.54) is 19.1 Å². The Balaban J connectivity index is 1.96. The number of esters is 1. The zero-order valence-electron chi connectivity index (χ0n) is 45.2. The van der Waals surface area contributed by atoms with E-state index in [0.29, 0.717) is 6.42 Å². The van der Waals surface area contributed by atoms with Crippen LogP contribution in [0.1, 0.15) is 105 Å². The molecule has 1 unspecified atom stereocenters. The fourth-order valence-electron chi connectivity index (χ4n) is 10.5. The lowest BCUT2D eigenvalue weighted by molar-refractivity contribution is -0.315. The van der Waals surface area contributed by atoms with Crippen LogP contribution in [0.5, 0.6) is 0 Å². The first-order chi connectivity index (χ1) is 32.1. The molecule has 3 heterocycles. The van der Waals surface area contributed by atoms with Crippen LogP contribution < -0.4 is 0 Å². The van der Waals surface area contributed by atoms with Gasteiger partial charge in [-0.25, -0.2) is 4.79 Å². The molecule has 4 rings (SSSR count). The van der Waals surface area contributed by atoms with E-state index in [9.17, 15) is 24.9 Å². The Hall–Kier alpha value is -1.60. The average Bonchev–Trinajstić information content (AvgIpc) is 3.23. The van der Waals surface area contributed by atoms with Crippen molar-refractivity contribution in [1.82, 2.24) is 4.90 Å². The van der Waals surface area contributed by atoms with E-state index in [0.717, 1.165) is 0 Å². The van der Waals surface area contributed by atoms with Gasteiger partial charge in [-0.3, -0.25) is 4.79 Å². The van der Waals surface area contributed by atoms with Crippen molar-refractivity contribution in [2.75, 3.05) is 21.2 Å². The van der Waals surface area contributed by atoms with Gasteiger partial charge in [0.2, 0.25) is 0 Å². The van der Waals surface area contributed by atoms with Gasteiger partial charge in [0.25, 0.3) is 0 Å². The van der Waals surface area contributed by atoms with Gasteiger partial charge in [0, 0.05) is 37.3 Å². The van der Waals surface area contributed by atoms with E-state index < -0.39 is 124 Å².